The Morgan fingerprint density at radius 2 is 1.92 bits per heavy atom. The summed E-state index contributed by atoms with van der Waals surface area (Å²) >= 11 is 9.39. The summed E-state index contributed by atoms with van der Waals surface area (Å²) in [4.78, 5) is 14.7. The fourth-order valence-corrected chi connectivity index (χ4v) is 3.00. The molecular weight excluding hydrogens is 416 g/mol. The number of rotatable bonds is 8. The van der Waals surface area contributed by atoms with E-state index in [4.69, 9.17) is 16.3 Å². The number of carbonyl (C=O) groups excluding carboxylic acids is 1. The van der Waals surface area contributed by atoms with Gasteiger partial charge in [-0.25, -0.2) is 0 Å². The predicted molar refractivity (Wildman–Crippen MR) is 110 cm³/mol. The maximum Gasteiger partial charge on any atom is 0.261 e. The van der Waals surface area contributed by atoms with E-state index in [-0.39, 0.29) is 11.9 Å². The summed E-state index contributed by atoms with van der Waals surface area (Å²) in [5.74, 6) is 0.502. The molecule has 0 aliphatic rings. The fourth-order valence-electron chi connectivity index (χ4n) is 2.49. The highest BCUT2D eigenvalue weighted by atomic mass is 79.9. The molecule has 26 heavy (non-hydrogen) atoms. The van der Waals surface area contributed by atoms with Gasteiger partial charge >= 0.3 is 0 Å². The van der Waals surface area contributed by atoms with Crippen LogP contribution in [-0.4, -0.2) is 37.6 Å². The third-order valence-electron chi connectivity index (χ3n) is 3.93. The van der Waals surface area contributed by atoms with Gasteiger partial charge in [0.05, 0.1) is 6.04 Å². The fraction of sp³-hybridized carbons (Fsp3) is 0.350. The predicted octanol–water partition coefficient (Wildman–Crippen LogP) is 4.68. The van der Waals surface area contributed by atoms with Crippen molar-refractivity contribution in [2.45, 2.75) is 25.5 Å². The summed E-state index contributed by atoms with van der Waals surface area (Å²) in [7, 11) is 4.03. The van der Waals surface area contributed by atoms with Crippen molar-refractivity contribution in [1.82, 2.24) is 10.2 Å². The van der Waals surface area contributed by atoms with Gasteiger partial charge in [-0.2, -0.15) is 0 Å². The third-order valence-corrected chi connectivity index (χ3v) is 4.68. The van der Waals surface area contributed by atoms with Crippen molar-refractivity contribution in [2.75, 3.05) is 20.6 Å². The zero-order chi connectivity index (χ0) is 19.1. The molecule has 0 saturated heterocycles. The standard InChI is InChI=1S/C20H24BrClN2O2/c1-14(26-18-6-4-5-16(21)13-18)20(25)23-19(11-12-24(2)3)15-7-9-17(22)10-8-15/h4-10,13-14,19H,11-12H2,1-3H3,(H,23,25). The first kappa shape index (κ1) is 20.7. The largest absolute Gasteiger partial charge is 0.481 e. The number of hydrogen-bond donors (Lipinski definition) is 1. The lowest BCUT2D eigenvalue weighted by molar-refractivity contribution is -0.128. The van der Waals surface area contributed by atoms with Gasteiger partial charge in [-0.05, 0) is 69.9 Å². The molecule has 0 aromatic heterocycles. The van der Waals surface area contributed by atoms with Gasteiger partial charge < -0.3 is 15.0 Å². The quantitative estimate of drug-likeness (QED) is 0.649. The SMILES string of the molecule is CC(Oc1cccc(Br)c1)C(=O)NC(CCN(C)C)c1ccc(Cl)cc1. The molecule has 0 bridgehead atoms. The highest BCUT2D eigenvalue weighted by Crippen LogP contribution is 2.21. The van der Waals surface area contributed by atoms with E-state index in [1.54, 1.807) is 6.92 Å². The van der Waals surface area contributed by atoms with Crippen LogP contribution in [0.25, 0.3) is 0 Å². The van der Waals surface area contributed by atoms with Crippen LogP contribution in [0.4, 0.5) is 0 Å². The normalized spacial score (nSPS) is 13.3. The summed E-state index contributed by atoms with van der Waals surface area (Å²) in [6.45, 7) is 2.61. The van der Waals surface area contributed by atoms with E-state index in [0.29, 0.717) is 10.8 Å². The van der Waals surface area contributed by atoms with Crippen molar-refractivity contribution < 1.29 is 9.53 Å². The summed E-state index contributed by atoms with van der Waals surface area (Å²) in [6, 6.07) is 14.9. The molecule has 1 N–H and O–H groups in total. The summed E-state index contributed by atoms with van der Waals surface area (Å²) in [5.41, 5.74) is 1.03. The van der Waals surface area contributed by atoms with Gasteiger partial charge in [0.15, 0.2) is 6.10 Å². The van der Waals surface area contributed by atoms with E-state index in [2.05, 4.69) is 26.1 Å². The van der Waals surface area contributed by atoms with Crippen LogP contribution in [0.1, 0.15) is 24.9 Å². The molecule has 2 unspecified atom stereocenters. The van der Waals surface area contributed by atoms with Gasteiger partial charge in [-0.15, -0.1) is 0 Å². The van der Waals surface area contributed by atoms with E-state index < -0.39 is 6.10 Å². The number of ether oxygens (including phenoxy) is 1. The Labute approximate surface area is 168 Å². The molecular formula is C20H24BrClN2O2. The Kier molecular flexibility index (Phi) is 7.94. The molecule has 0 aliphatic carbocycles. The molecule has 0 fully saturated rings. The van der Waals surface area contributed by atoms with Gasteiger partial charge in [-0.3, -0.25) is 4.79 Å². The number of amides is 1. The molecule has 140 valence electrons. The van der Waals surface area contributed by atoms with Gasteiger partial charge in [0.25, 0.3) is 5.91 Å². The first-order valence-electron chi connectivity index (χ1n) is 8.48. The molecule has 2 rings (SSSR count). The Hall–Kier alpha value is -1.56. The summed E-state index contributed by atoms with van der Waals surface area (Å²) in [6.07, 6.45) is 0.197. The van der Waals surface area contributed by atoms with Crippen LogP contribution in [0.5, 0.6) is 5.75 Å². The summed E-state index contributed by atoms with van der Waals surface area (Å²) < 4.78 is 6.67. The highest BCUT2D eigenvalue weighted by molar-refractivity contribution is 9.10. The van der Waals surface area contributed by atoms with Crippen LogP contribution in [0.3, 0.4) is 0 Å². The topological polar surface area (TPSA) is 41.6 Å². The molecule has 0 spiro atoms. The number of hydrogen-bond acceptors (Lipinski definition) is 3. The number of halogens is 2. The Morgan fingerprint density at radius 3 is 2.54 bits per heavy atom. The van der Waals surface area contributed by atoms with Crippen molar-refractivity contribution in [2.24, 2.45) is 0 Å². The van der Waals surface area contributed by atoms with E-state index in [1.165, 1.54) is 0 Å². The zero-order valence-electron chi connectivity index (χ0n) is 15.2. The van der Waals surface area contributed by atoms with Crippen molar-refractivity contribution in [3.63, 3.8) is 0 Å². The molecule has 4 nitrogen and oxygen atoms in total. The number of nitrogens with one attached hydrogen (secondary N) is 1. The Balaban J connectivity index is 2.05. The van der Waals surface area contributed by atoms with Crippen molar-refractivity contribution in [1.29, 1.82) is 0 Å². The molecule has 6 heteroatoms. The molecule has 1 amide bonds. The molecule has 2 aromatic carbocycles. The van der Waals surface area contributed by atoms with Crippen LogP contribution >= 0.6 is 27.5 Å². The van der Waals surface area contributed by atoms with E-state index >= 15 is 0 Å². The molecule has 0 heterocycles. The first-order valence-corrected chi connectivity index (χ1v) is 9.65. The van der Waals surface area contributed by atoms with E-state index in [0.717, 1.165) is 23.0 Å². The van der Waals surface area contributed by atoms with Crippen LogP contribution in [0, 0.1) is 0 Å². The smallest absolute Gasteiger partial charge is 0.261 e. The third kappa shape index (κ3) is 6.63. The Bertz CT molecular complexity index is 722. The molecule has 2 aromatic rings. The number of benzene rings is 2. The maximum absolute atomic E-state index is 12.6. The van der Waals surface area contributed by atoms with Crippen LogP contribution in [-0.2, 0) is 4.79 Å². The van der Waals surface area contributed by atoms with Crippen LogP contribution in [0.15, 0.2) is 53.0 Å². The highest BCUT2D eigenvalue weighted by Gasteiger charge is 2.20. The monoisotopic (exact) mass is 438 g/mol. The molecule has 0 radical (unpaired) electrons. The second-order valence-electron chi connectivity index (χ2n) is 6.42. The van der Waals surface area contributed by atoms with Crippen LogP contribution < -0.4 is 10.1 Å². The minimum atomic E-state index is -0.599. The van der Waals surface area contributed by atoms with E-state index in [9.17, 15) is 4.79 Å². The maximum atomic E-state index is 12.6. The van der Waals surface area contributed by atoms with Crippen LogP contribution in [0.2, 0.25) is 5.02 Å². The lowest BCUT2D eigenvalue weighted by atomic mass is 10.0. The summed E-state index contributed by atoms with van der Waals surface area (Å²) in [5, 5.41) is 3.78. The van der Waals surface area contributed by atoms with Gasteiger partial charge in [0.1, 0.15) is 5.75 Å². The lowest BCUT2D eigenvalue weighted by Gasteiger charge is -2.23. The number of carbonyl (C=O) groups is 1. The van der Waals surface area contributed by atoms with Gasteiger partial charge in [-0.1, -0.05) is 45.7 Å². The van der Waals surface area contributed by atoms with Crippen molar-refractivity contribution >= 4 is 33.4 Å². The lowest BCUT2D eigenvalue weighted by Crippen LogP contribution is -2.39. The first-order chi connectivity index (χ1) is 12.3. The molecule has 2 atom stereocenters. The molecule has 0 aliphatic heterocycles. The average Bonchev–Trinajstić information content (AvgIpc) is 2.59. The van der Waals surface area contributed by atoms with Crippen molar-refractivity contribution in [3.8, 4) is 5.75 Å². The molecule has 0 saturated carbocycles. The van der Waals surface area contributed by atoms with Gasteiger partial charge in [0, 0.05) is 9.50 Å². The van der Waals surface area contributed by atoms with Gasteiger partial charge in [0.2, 0.25) is 0 Å². The van der Waals surface area contributed by atoms with Crippen molar-refractivity contribution in [3.05, 3.63) is 63.6 Å². The number of nitrogens with zero attached hydrogens (tertiary/aromatic N) is 1. The zero-order valence-corrected chi connectivity index (χ0v) is 17.5. The minimum absolute atomic E-state index is 0.101. The Morgan fingerprint density at radius 1 is 1.23 bits per heavy atom. The average molecular weight is 440 g/mol. The second-order valence-corrected chi connectivity index (χ2v) is 7.77. The minimum Gasteiger partial charge on any atom is -0.481 e. The second kappa shape index (κ2) is 9.95. The van der Waals surface area contributed by atoms with E-state index in [1.807, 2.05) is 62.6 Å².